The van der Waals surface area contributed by atoms with E-state index in [0.29, 0.717) is 12.8 Å². The number of carbonyl (C=O) groups is 1. The lowest BCUT2D eigenvalue weighted by atomic mass is 10.1. The van der Waals surface area contributed by atoms with Gasteiger partial charge in [-0.25, -0.2) is 0 Å². The number of benzene rings is 1. The summed E-state index contributed by atoms with van der Waals surface area (Å²) in [7, 11) is 1.63. The molecular weight excluding hydrogens is 256 g/mol. The Bertz CT molecular complexity index is 556. The summed E-state index contributed by atoms with van der Waals surface area (Å²) in [5, 5.41) is 2.03. The normalized spacial score (nSPS) is 10.8. The summed E-state index contributed by atoms with van der Waals surface area (Å²) in [5.74, 6) is 1.00. The van der Waals surface area contributed by atoms with Crippen LogP contribution in [0.3, 0.4) is 0 Å². The molecule has 2 rings (SSSR count). The summed E-state index contributed by atoms with van der Waals surface area (Å²) >= 11 is 1.67. The predicted octanol–water partition coefficient (Wildman–Crippen LogP) is 3.97. The van der Waals surface area contributed by atoms with Crippen molar-refractivity contribution in [2.45, 2.75) is 12.8 Å². The summed E-state index contributed by atoms with van der Waals surface area (Å²) < 4.78 is 5.14. The third kappa shape index (κ3) is 4.38. The lowest BCUT2D eigenvalue weighted by molar-refractivity contribution is -0.117. The number of hydrogen-bond donors (Lipinski definition) is 0. The van der Waals surface area contributed by atoms with Crippen LogP contribution in [0.25, 0.3) is 6.08 Å². The molecule has 0 aliphatic rings. The second-order valence-corrected chi connectivity index (χ2v) is 5.17. The summed E-state index contributed by atoms with van der Waals surface area (Å²) in [6.45, 7) is 0. The molecule has 3 heteroatoms. The van der Waals surface area contributed by atoms with E-state index in [4.69, 9.17) is 4.74 Å². The molecule has 2 nitrogen and oxygen atoms in total. The lowest BCUT2D eigenvalue weighted by Gasteiger charge is -2.02. The monoisotopic (exact) mass is 272 g/mol. The molecular formula is C16H16O2S. The van der Waals surface area contributed by atoms with Crippen molar-refractivity contribution in [3.8, 4) is 5.75 Å². The van der Waals surface area contributed by atoms with Crippen molar-refractivity contribution in [3.63, 3.8) is 0 Å². The van der Waals surface area contributed by atoms with Crippen molar-refractivity contribution in [2.24, 2.45) is 0 Å². The van der Waals surface area contributed by atoms with Gasteiger partial charge in [-0.2, -0.15) is 0 Å². The van der Waals surface area contributed by atoms with Crippen LogP contribution in [-0.4, -0.2) is 12.9 Å². The molecule has 98 valence electrons. The molecule has 0 atom stereocenters. The fourth-order valence-corrected chi connectivity index (χ4v) is 2.42. The third-order valence-corrected chi connectivity index (χ3v) is 3.54. The Labute approximate surface area is 117 Å². The minimum Gasteiger partial charge on any atom is -0.497 e. The fraction of sp³-hybridized carbons (Fsp3) is 0.188. The van der Waals surface area contributed by atoms with E-state index in [-0.39, 0.29) is 5.78 Å². The van der Waals surface area contributed by atoms with Crippen molar-refractivity contribution >= 4 is 23.2 Å². The van der Waals surface area contributed by atoms with Crippen molar-refractivity contribution < 1.29 is 9.53 Å². The van der Waals surface area contributed by atoms with Gasteiger partial charge >= 0.3 is 0 Å². The van der Waals surface area contributed by atoms with E-state index in [2.05, 4.69) is 0 Å². The summed E-state index contributed by atoms with van der Waals surface area (Å²) in [5.41, 5.74) is 0.994. The van der Waals surface area contributed by atoms with Gasteiger partial charge in [0.25, 0.3) is 0 Å². The van der Waals surface area contributed by atoms with Crippen LogP contribution in [0.4, 0.5) is 0 Å². The van der Waals surface area contributed by atoms with Crippen LogP contribution in [0.15, 0.2) is 47.9 Å². The van der Waals surface area contributed by atoms with Crippen LogP contribution in [0.1, 0.15) is 16.9 Å². The summed E-state index contributed by atoms with van der Waals surface area (Å²) in [6, 6.07) is 11.7. The van der Waals surface area contributed by atoms with Crippen molar-refractivity contribution in [1.29, 1.82) is 0 Å². The van der Waals surface area contributed by atoms with E-state index >= 15 is 0 Å². The SMILES string of the molecule is COc1cccc(CC(=O)C/C=C/c2cccs2)c1. The van der Waals surface area contributed by atoms with Crippen LogP contribution in [0.2, 0.25) is 0 Å². The largest absolute Gasteiger partial charge is 0.497 e. The van der Waals surface area contributed by atoms with Gasteiger partial charge in [0.15, 0.2) is 0 Å². The average molecular weight is 272 g/mol. The highest BCUT2D eigenvalue weighted by atomic mass is 32.1. The topological polar surface area (TPSA) is 26.3 Å². The number of methoxy groups -OCH3 is 1. The molecule has 0 unspecified atom stereocenters. The zero-order chi connectivity index (χ0) is 13.5. The smallest absolute Gasteiger partial charge is 0.141 e. The summed E-state index contributed by atoms with van der Waals surface area (Å²) in [4.78, 5) is 13.0. The number of thiophene rings is 1. The van der Waals surface area contributed by atoms with Gasteiger partial charge < -0.3 is 4.74 Å². The van der Waals surface area contributed by atoms with Crippen molar-refractivity contribution in [2.75, 3.05) is 7.11 Å². The van der Waals surface area contributed by atoms with Crippen molar-refractivity contribution in [3.05, 3.63) is 58.3 Å². The Morgan fingerprint density at radius 1 is 1.32 bits per heavy atom. The van der Waals surface area contributed by atoms with Gasteiger partial charge in [0.2, 0.25) is 0 Å². The number of carbonyl (C=O) groups excluding carboxylic acids is 1. The van der Waals surface area contributed by atoms with Gasteiger partial charge in [0.1, 0.15) is 11.5 Å². The number of ether oxygens (including phenoxy) is 1. The minimum absolute atomic E-state index is 0.209. The Hall–Kier alpha value is -1.87. The van der Waals surface area contributed by atoms with Crippen molar-refractivity contribution in [1.82, 2.24) is 0 Å². The standard InChI is InChI=1S/C16H16O2S/c1-18-15-7-2-5-13(12-15)11-14(17)6-3-8-16-9-4-10-19-16/h2-5,7-10,12H,6,11H2,1H3/b8-3+. The maximum atomic E-state index is 11.9. The molecule has 0 aliphatic carbocycles. The molecule has 0 saturated heterocycles. The molecule has 0 spiro atoms. The molecule has 0 fully saturated rings. The number of allylic oxidation sites excluding steroid dienone is 1. The number of ketones is 1. The first-order chi connectivity index (χ1) is 9.28. The molecule has 0 bridgehead atoms. The van der Waals surface area contributed by atoms with Crippen LogP contribution < -0.4 is 4.74 Å². The molecule has 19 heavy (non-hydrogen) atoms. The third-order valence-electron chi connectivity index (χ3n) is 2.71. The fourth-order valence-electron chi connectivity index (χ4n) is 1.77. The van der Waals surface area contributed by atoms with Gasteiger partial charge in [-0.15, -0.1) is 11.3 Å². The first-order valence-corrected chi connectivity index (χ1v) is 7.00. The minimum atomic E-state index is 0.209. The molecule has 0 aliphatic heterocycles. The van der Waals surface area contributed by atoms with Crippen LogP contribution in [0, 0.1) is 0 Å². The number of rotatable bonds is 6. The zero-order valence-corrected chi connectivity index (χ0v) is 11.7. The second kappa shape index (κ2) is 6.90. The molecule has 1 aromatic heterocycles. The van der Waals surface area contributed by atoms with E-state index in [1.54, 1.807) is 18.4 Å². The second-order valence-electron chi connectivity index (χ2n) is 4.19. The molecule has 2 aromatic rings. The lowest BCUT2D eigenvalue weighted by Crippen LogP contribution is -2.01. The first-order valence-electron chi connectivity index (χ1n) is 6.12. The Morgan fingerprint density at radius 3 is 2.95 bits per heavy atom. The van der Waals surface area contributed by atoms with Gasteiger partial charge in [-0.3, -0.25) is 4.79 Å². The van der Waals surface area contributed by atoms with Crippen LogP contribution in [-0.2, 0) is 11.2 Å². The predicted molar refractivity (Wildman–Crippen MR) is 79.7 cm³/mol. The zero-order valence-electron chi connectivity index (χ0n) is 10.8. The number of Topliss-reactive ketones (excluding diaryl/α,β-unsaturated/α-hetero) is 1. The molecule has 1 heterocycles. The quantitative estimate of drug-likeness (QED) is 0.795. The maximum Gasteiger partial charge on any atom is 0.141 e. The van der Waals surface area contributed by atoms with Gasteiger partial charge in [0.05, 0.1) is 7.11 Å². The van der Waals surface area contributed by atoms with Crippen LogP contribution >= 0.6 is 11.3 Å². The van der Waals surface area contributed by atoms with E-state index in [0.717, 1.165) is 11.3 Å². The van der Waals surface area contributed by atoms with E-state index in [9.17, 15) is 4.79 Å². The van der Waals surface area contributed by atoms with E-state index < -0.39 is 0 Å². The van der Waals surface area contributed by atoms with Gasteiger partial charge in [-0.1, -0.05) is 24.3 Å². The van der Waals surface area contributed by atoms with Crippen LogP contribution in [0.5, 0.6) is 5.75 Å². The Balaban J connectivity index is 1.87. The van der Waals surface area contributed by atoms with E-state index in [1.807, 2.05) is 53.9 Å². The molecule has 1 aromatic carbocycles. The van der Waals surface area contributed by atoms with Gasteiger partial charge in [-0.05, 0) is 35.2 Å². The Morgan fingerprint density at radius 2 is 2.21 bits per heavy atom. The van der Waals surface area contributed by atoms with E-state index in [1.165, 1.54) is 4.88 Å². The molecule has 0 radical (unpaired) electrons. The first kappa shape index (κ1) is 13.6. The Kier molecular flexibility index (Phi) is 4.93. The highest BCUT2D eigenvalue weighted by molar-refractivity contribution is 7.10. The molecule has 0 amide bonds. The molecule has 0 N–H and O–H groups in total. The maximum absolute atomic E-state index is 11.9. The van der Waals surface area contributed by atoms with Gasteiger partial charge in [0, 0.05) is 17.7 Å². The molecule has 0 saturated carbocycles. The average Bonchev–Trinajstić information content (AvgIpc) is 2.92. The highest BCUT2D eigenvalue weighted by Gasteiger charge is 2.03. The summed E-state index contributed by atoms with van der Waals surface area (Å²) in [6.07, 6.45) is 4.84. The number of hydrogen-bond acceptors (Lipinski definition) is 3. The highest BCUT2D eigenvalue weighted by Crippen LogP contribution is 2.14.